The molecule has 0 spiro atoms. The fourth-order valence-electron chi connectivity index (χ4n) is 2.72. The molecule has 3 rings (SSSR count). The maximum absolute atomic E-state index is 12.7. The van der Waals surface area contributed by atoms with Crippen molar-refractivity contribution < 1.29 is 4.79 Å². The molecular formula is C21H17ClO. The van der Waals surface area contributed by atoms with Gasteiger partial charge in [0.1, 0.15) is 4.87 Å². The first-order valence-electron chi connectivity index (χ1n) is 7.58. The minimum Gasteiger partial charge on any atom is -0.294 e. The number of alkyl halides is 1. The summed E-state index contributed by atoms with van der Waals surface area (Å²) in [6.45, 7) is 0. The lowest BCUT2D eigenvalue weighted by atomic mass is 9.85. The Morgan fingerprint density at radius 3 is 1.52 bits per heavy atom. The summed E-state index contributed by atoms with van der Waals surface area (Å²) < 4.78 is 0. The van der Waals surface area contributed by atoms with E-state index < -0.39 is 4.87 Å². The van der Waals surface area contributed by atoms with E-state index in [1.807, 2.05) is 91.0 Å². The average Bonchev–Trinajstić information content (AvgIpc) is 2.64. The molecule has 0 fully saturated rings. The highest BCUT2D eigenvalue weighted by Gasteiger charge is 2.34. The first kappa shape index (κ1) is 15.5. The van der Waals surface area contributed by atoms with Gasteiger partial charge >= 0.3 is 0 Å². The minimum absolute atomic E-state index is 0.0355. The van der Waals surface area contributed by atoms with E-state index in [0.29, 0.717) is 5.56 Å². The molecule has 0 bridgehead atoms. The number of benzene rings is 3. The summed E-state index contributed by atoms with van der Waals surface area (Å²) in [6.07, 6.45) is 0.215. The summed E-state index contributed by atoms with van der Waals surface area (Å²) in [6, 6.07) is 28.9. The first-order valence-corrected chi connectivity index (χ1v) is 7.96. The minimum atomic E-state index is -0.866. The highest BCUT2D eigenvalue weighted by atomic mass is 35.5. The summed E-state index contributed by atoms with van der Waals surface area (Å²) in [7, 11) is 0. The van der Waals surface area contributed by atoms with Crippen molar-refractivity contribution in [1.29, 1.82) is 0 Å². The smallest absolute Gasteiger partial charge is 0.165 e. The number of carbonyl (C=O) groups is 1. The fourth-order valence-corrected chi connectivity index (χ4v) is 3.10. The topological polar surface area (TPSA) is 17.1 Å². The second-order valence-electron chi connectivity index (χ2n) is 5.50. The molecule has 0 atom stereocenters. The molecule has 1 nitrogen and oxygen atoms in total. The number of rotatable bonds is 5. The molecule has 0 amide bonds. The van der Waals surface area contributed by atoms with Crippen molar-refractivity contribution in [2.24, 2.45) is 0 Å². The van der Waals surface area contributed by atoms with Gasteiger partial charge in [-0.25, -0.2) is 0 Å². The Kier molecular flexibility index (Phi) is 4.59. The highest BCUT2D eigenvalue weighted by Crippen LogP contribution is 2.40. The summed E-state index contributed by atoms with van der Waals surface area (Å²) in [5.41, 5.74) is 2.54. The number of hydrogen-bond donors (Lipinski definition) is 0. The van der Waals surface area contributed by atoms with E-state index in [9.17, 15) is 4.79 Å². The van der Waals surface area contributed by atoms with Gasteiger partial charge in [0.2, 0.25) is 0 Å². The Balaban J connectivity index is 2.01. The average molecular weight is 321 g/mol. The zero-order valence-corrected chi connectivity index (χ0v) is 13.4. The molecule has 0 saturated heterocycles. The molecule has 3 aromatic rings. The SMILES string of the molecule is O=C(CC(Cl)(c1ccccc1)c1ccccc1)c1ccccc1. The number of hydrogen-bond acceptors (Lipinski definition) is 1. The molecule has 0 N–H and O–H groups in total. The summed E-state index contributed by atoms with van der Waals surface area (Å²) in [5.74, 6) is 0.0355. The molecule has 0 saturated carbocycles. The van der Waals surface area contributed by atoms with Crippen LogP contribution in [0.1, 0.15) is 27.9 Å². The second kappa shape index (κ2) is 6.80. The van der Waals surface area contributed by atoms with Crippen molar-refractivity contribution in [3.63, 3.8) is 0 Å². The number of Topliss-reactive ketones (excluding diaryl/α,β-unsaturated/α-hetero) is 1. The van der Waals surface area contributed by atoms with Crippen LogP contribution in [0.4, 0.5) is 0 Å². The van der Waals surface area contributed by atoms with Gasteiger partial charge in [0.25, 0.3) is 0 Å². The van der Waals surface area contributed by atoms with E-state index in [4.69, 9.17) is 11.6 Å². The van der Waals surface area contributed by atoms with Gasteiger partial charge in [0.05, 0.1) is 0 Å². The van der Waals surface area contributed by atoms with Crippen molar-refractivity contribution in [3.05, 3.63) is 108 Å². The molecule has 2 heteroatoms. The van der Waals surface area contributed by atoms with Crippen molar-refractivity contribution in [3.8, 4) is 0 Å². The number of ketones is 1. The molecule has 0 aromatic heterocycles. The van der Waals surface area contributed by atoms with Crippen LogP contribution in [0.5, 0.6) is 0 Å². The lowest BCUT2D eigenvalue weighted by molar-refractivity contribution is 0.0972. The molecule has 0 aliphatic rings. The summed E-state index contributed by atoms with van der Waals surface area (Å²) in [4.78, 5) is 11.9. The van der Waals surface area contributed by atoms with Crippen molar-refractivity contribution >= 4 is 17.4 Å². The molecule has 0 aliphatic heterocycles. The maximum atomic E-state index is 12.7. The molecule has 114 valence electrons. The second-order valence-corrected chi connectivity index (χ2v) is 6.14. The first-order chi connectivity index (χ1) is 11.2. The van der Waals surface area contributed by atoms with Gasteiger partial charge in [-0.2, -0.15) is 0 Å². The quantitative estimate of drug-likeness (QED) is 0.452. The van der Waals surface area contributed by atoms with E-state index >= 15 is 0 Å². The lowest BCUT2D eigenvalue weighted by Gasteiger charge is -2.28. The lowest BCUT2D eigenvalue weighted by Crippen LogP contribution is -2.24. The van der Waals surface area contributed by atoms with Gasteiger partial charge in [-0.05, 0) is 11.1 Å². The molecule has 0 heterocycles. The van der Waals surface area contributed by atoms with E-state index in [2.05, 4.69) is 0 Å². The zero-order chi connectivity index (χ0) is 16.1. The Bertz CT molecular complexity index is 727. The third kappa shape index (κ3) is 3.35. The van der Waals surface area contributed by atoms with Crippen LogP contribution in [0.2, 0.25) is 0 Å². The molecular weight excluding hydrogens is 304 g/mol. The number of carbonyl (C=O) groups excluding carboxylic acids is 1. The van der Waals surface area contributed by atoms with Crippen molar-refractivity contribution in [2.45, 2.75) is 11.3 Å². The Hall–Kier alpha value is -2.38. The standard InChI is InChI=1S/C21H17ClO/c22-21(18-12-6-2-7-13-18,19-14-8-3-9-15-19)16-20(23)17-10-4-1-5-11-17/h1-15H,16H2. The van der Waals surface area contributed by atoms with Gasteiger partial charge in [-0.3, -0.25) is 4.79 Å². The largest absolute Gasteiger partial charge is 0.294 e. The van der Waals surface area contributed by atoms with Gasteiger partial charge in [0.15, 0.2) is 5.78 Å². The third-order valence-electron chi connectivity index (χ3n) is 3.96. The summed E-state index contributed by atoms with van der Waals surface area (Å²) >= 11 is 7.01. The molecule has 0 radical (unpaired) electrons. The normalized spacial score (nSPS) is 11.2. The highest BCUT2D eigenvalue weighted by molar-refractivity contribution is 6.27. The third-order valence-corrected chi connectivity index (χ3v) is 4.53. The van der Waals surface area contributed by atoms with Gasteiger partial charge in [-0.15, -0.1) is 11.6 Å². The van der Waals surface area contributed by atoms with Gasteiger partial charge in [-0.1, -0.05) is 91.0 Å². The van der Waals surface area contributed by atoms with E-state index in [1.165, 1.54) is 0 Å². The fraction of sp³-hybridized carbons (Fsp3) is 0.0952. The van der Waals surface area contributed by atoms with Crippen LogP contribution < -0.4 is 0 Å². The summed E-state index contributed by atoms with van der Waals surface area (Å²) in [5, 5.41) is 0. The zero-order valence-electron chi connectivity index (χ0n) is 12.7. The van der Waals surface area contributed by atoms with Crippen LogP contribution >= 0.6 is 11.6 Å². The van der Waals surface area contributed by atoms with Crippen LogP contribution in [0, 0.1) is 0 Å². The Labute approximate surface area is 141 Å². The van der Waals surface area contributed by atoms with Gasteiger partial charge in [0, 0.05) is 12.0 Å². The van der Waals surface area contributed by atoms with Gasteiger partial charge < -0.3 is 0 Å². The number of halogens is 1. The van der Waals surface area contributed by atoms with Crippen LogP contribution in [0.25, 0.3) is 0 Å². The molecule has 23 heavy (non-hydrogen) atoms. The molecule has 3 aromatic carbocycles. The van der Waals surface area contributed by atoms with Crippen LogP contribution in [0.3, 0.4) is 0 Å². The molecule has 0 aliphatic carbocycles. The van der Waals surface area contributed by atoms with Crippen LogP contribution in [-0.2, 0) is 4.87 Å². The monoisotopic (exact) mass is 320 g/mol. The van der Waals surface area contributed by atoms with Crippen LogP contribution in [0.15, 0.2) is 91.0 Å². The Morgan fingerprint density at radius 2 is 1.09 bits per heavy atom. The maximum Gasteiger partial charge on any atom is 0.165 e. The van der Waals surface area contributed by atoms with E-state index in [-0.39, 0.29) is 12.2 Å². The predicted octanol–water partition coefficient (Wildman–Crippen LogP) is 5.44. The van der Waals surface area contributed by atoms with Crippen molar-refractivity contribution in [2.75, 3.05) is 0 Å². The van der Waals surface area contributed by atoms with E-state index in [1.54, 1.807) is 0 Å². The van der Waals surface area contributed by atoms with E-state index in [0.717, 1.165) is 11.1 Å². The predicted molar refractivity (Wildman–Crippen MR) is 94.9 cm³/mol. The Morgan fingerprint density at radius 1 is 0.696 bits per heavy atom. The molecule has 0 unspecified atom stereocenters. The van der Waals surface area contributed by atoms with Crippen molar-refractivity contribution in [1.82, 2.24) is 0 Å². The van der Waals surface area contributed by atoms with Crippen LogP contribution in [-0.4, -0.2) is 5.78 Å².